The number of rotatable bonds is 2. The molecule has 0 amide bonds. The van der Waals surface area contributed by atoms with Gasteiger partial charge in [0, 0.05) is 12.7 Å². The van der Waals surface area contributed by atoms with E-state index in [-0.39, 0.29) is 0 Å². The van der Waals surface area contributed by atoms with Crippen molar-refractivity contribution in [3.8, 4) is 12.3 Å². The lowest BCUT2D eigenvalue weighted by Gasteiger charge is -1.91. The third kappa shape index (κ3) is 101. The lowest BCUT2D eigenvalue weighted by molar-refractivity contribution is 0.447. The summed E-state index contributed by atoms with van der Waals surface area (Å²) in [5, 5.41) is 0. The molecule has 0 saturated carbocycles. The summed E-state index contributed by atoms with van der Waals surface area (Å²) in [6, 6.07) is 0. The number of hydrogen-bond acceptors (Lipinski definition) is 2. The zero-order valence-corrected chi connectivity index (χ0v) is 13.0. The second kappa shape index (κ2) is 24.3. The SMILES string of the molecule is C#CC/C=C\C.C=CC.C=S(C)(=O)OC.CC. The van der Waals surface area contributed by atoms with Crippen LogP contribution >= 0.6 is 0 Å². The highest BCUT2D eigenvalue weighted by molar-refractivity contribution is 7.95. The number of allylic oxidation sites excluding steroid dienone is 3. The van der Waals surface area contributed by atoms with Crippen LogP contribution in [0.3, 0.4) is 0 Å². The van der Waals surface area contributed by atoms with Gasteiger partial charge in [0.05, 0.1) is 16.9 Å². The first-order valence-electron chi connectivity index (χ1n) is 5.39. The first-order chi connectivity index (χ1) is 7.89. The van der Waals surface area contributed by atoms with Crippen molar-refractivity contribution in [3.63, 3.8) is 0 Å². The Morgan fingerprint density at radius 3 is 1.76 bits per heavy atom. The molecule has 0 fully saturated rings. The van der Waals surface area contributed by atoms with E-state index in [4.69, 9.17) is 6.42 Å². The summed E-state index contributed by atoms with van der Waals surface area (Å²) in [5.41, 5.74) is 0. The van der Waals surface area contributed by atoms with Crippen LogP contribution in [-0.2, 0) is 14.0 Å². The van der Waals surface area contributed by atoms with Crippen LogP contribution < -0.4 is 0 Å². The first kappa shape index (κ1) is 25.0. The Morgan fingerprint density at radius 1 is 1.41 bits per heavy atom. The summed E-state index contributed by atoms with van der Waals surface area (Å²) in [7, 11) is -0.792. The van der Waals surface area contributed by atoms with Gasteiger partial charge in [0.25, 0.3) is 0 Å². The quantitative estimate of drug-likeness (QED) is 0.430. The van der Waals surface area contributed by atoms with Crippen LogP contribution in [0.4, 0.5) is 0 Å². The van der Waals surface area contributed by atoms with Crippen molar-refractivity contribution in [3.05, 3.63) is 24.8 Å². The summed E-state index contributed by atoms with van der Waals surface area (Å²) in [6.45, 7) is 11.2. The fraction of sp³-hybridized carbons (Fsp3) is 0.500. The first-order valence-corrected chi connectivity index (χ1v) is 7.45. The van der Waals surface area contributed by atoms with Crippen LogP contribution in [0.25, 0.3) is 0 Å². The fourth-order valence-corrected chi connectivity index (χ4v) is 0.186. The zero-order chi connectivity index (χ0) is 14.7. The van der Waals surface area contributed by atoms with E-state index in [0.717, 1.165) is 6.42 Å². The maximum Gasteiger partial charge on any atom is 0.0738 e. The Bertz CT molecular complexity index is 280. The molecule has 0 aliphatic rings. The van der Waals surface area contributed by atoms with Crippen molar-refractivity contribution < 1.29 is 8.39 Å². The van der Waals surface area contributed by atoms with E-state index in [1.54, 1.807) is 6.08 Å². The average molecular weight is 260 g/mol. The van der Waals surface area contributed by atoms with Crippen LogP contribution in [-0.4, -0.2) is 23.4 Å². The summed E-state index contributed by atoms with van der Waals surface area (Å²) < 4.78 is 14.6. The minimum atomic E-state index is -2.16. The van der Waals surface area contributed by atoms with E-state index < -0.39 is 9.80 Å². The van der Waals surface area contributed by atoms with Crippen molar-refractivity contribution in [2.24, 2.45) is 0 Å². The van der Waals surface area contributed by atoms with Gasteiger partial charge in [-0.2, -0.15) is 0 Å². The van der Waals surface area contributed by atoms with Crippen molar-refractivity contribution in [2.75, 3.05) is 13.4 Å². The highest BCUT2D eigenvalue weighted by Crippen LogP contribution is 1.76. The second-order valence-corrected chi connectivity index (χ2v) is 4.66. The molecule has 3 heteroatoms. The van der Waals surface area contributed by atoms with Gasteiger partial charge in [0.1, 0.15) is 0 Å². The fourth-order valence-electron chi connectivity index (χ4n) is 0.186. The molecule has 0 aliphatic heterocycles. The van der Waals surface area contributed by atoms with Crippen LogP contribution in [0.5, 0.6) is 0 Å². The number of terminal acetylenes is 1. The highest BCUT2D eigenvalue weighted by Gasteiger charge is 1.81. The molecule has 0 spiro atoms. The van der Waals surface area contributed by atoms with Gasteiger partial charge >= 0.3 is 0 Å². The molecule has 0 aliphatic carbocycles. The Balaban J connectivity index is -0.0000000727. The average Bonchev–Trinajstić information content (AvgIpc) is 2.30. The molecule has 0 radical (unpaired) electrons. The molecule has 0 rings (SSSR count). The van der Waals surface area contributed by atoms with E-state index in [0.29, 0.717) is 0 Å². The zero-order valence-electron chi connectivity index (χ0n) is 12.2. The third-order valence-corrected chi connectivity index (χ3v) is 1.53. The van der Waals surface area contributed by atoms with Gasteiger partial charge in [-0.05, 0) is 19.7 Å². The summed E-state index contributed by atoms with van der Waals surface area (Å²) in [4.78, 5) is 0. The lowest BCUT2D eigenvalue weighted by atomic mass is 10.4. The Labute approximate surface area is 109 Å². The van der Waals surface area contributed by atoms with Gasteiger partial charge in [0.2, 0.25) is 0 Å². The minimum absolute atomic E-state index is 0.760. The standard InChI is InChI=1S/C6H8.C3H8O2S.C3H6.C2H6/c1-3-5-6-4-2;1-5-6(2,3)4;1-3-2;1-2/h1,4,6H,5H2,2H3;2H2,1,3H3;3H,1H2,2H3;1-2H3/b6-4-;;;. The van der Waals surface area contributed by atoms with Crippen LogP contribution in [0, 0.1) is 12.3 Å². The highest BCUT2D eigenvalue weighted by atomic mass is 32.2. The lowest BCUT2D eigenvalue weighted by Crippen LogP contribution is -1.95. The molecule has 1 atom stereocenters. The Morgan fingerprint density at radius 2 is 1.71 bits per heavy atom. The molecule has 2 nitrogen and oxygen atoms in total. The van der Waals surface area contributed by atoms with Gasteiger partial charge < -0.3 is 4.18 Å². The molecular weight excluding hydrogens is 232 g/mol. The molecular formula is C14H28O2S. The van der Waals surface area contributed by atoms with Gasteiger partial charge in [0.15, 0.2) is 0 Å². The Kier molecular flexibility index (Phi) is 35.8. The minimum Gasteiger partial charge on any atom is -0.302 e. The van der Waals surface area contributed by atoms with E-state index in [9.17, 15) is 4.21 Å². The van der Waals surface area contributed by atoms with Gasteiger partial charge in [-0.25, -0.2) is 4.21 Å². The van der Waals surface area contributed by atoms with E-state index in [2.05, 4.69) is 22.6 Å². The van der Waals surface area contributed by atoms with Gasteiger partial charge in [-0.3, -0.25) is 0 Å². The predicted molar refractivity (Wildman–Crippen MR) is 83.7 cm³/mol. The number of hydrogen-bond donors (Lipinski definition) is 0. The molecule has 0 aromatic rings. The molecule has 102 valence electrons. The molecule has 0 aromatic carbocycles. The Hall–Kier alpha value is -0.980. The van der Waals surface area contributed by atoms with Crippen LogP contribution in [0.1, 0.15) is 34.1 Å². The topological polar surface area (TPSA) is 26.3 Å². The maximum absolute atomic E-state index is 10.2. The van der Waals surface area contributed by atoms with Crippen LogP contribution in [0.15, 0.2) is 24.8 Å². The van der Waals surface area contributed by atoms with Crippen molar-refractivity contribution in [1.82, 2.24) is 0 Å². The summed E-state index contributed by atoms with van der Waals surface area (Å²) in [5.74, 6) is 5.68. The molecule has 17 heavy (non-hydrogen) atoms. The maximum atomic E-state index is 10.2. The molecule has 0 saturated heterocycles. The van der Waals surface area contributed by atoms with Crippen molar-refractivity contribution in [2.45, 2.75) is 34.1 Å². The van der Waals surface area contributed by atoms with Gasteiger partial charge in [-0.15, -0.1) is 18.9 Å². The molecule has 0 bridgehead atoms. The van der Waals surface area contributed by atoms with E-state index >= 15 is 0 Å². The molecule has 0 N–H and O–H groups in total. The molecule has 0 heterocycles. The largest absolute Gasteiger partial charge is 0.302 e. The van der Waals surface area contributed by atoms with Crippen LogP contribution in [0.2, 0.25) is 0 Å². The molecule has 0 aromatic heterocycles. The monoisotopic (exact) mass is 260 g/mol. The van der Waals surface area contributed by atoms with E-state index in [1.807, 2.05) is 39.8 Å². The summed E-state index contributed by atoms with van der Waals surface area (Å²) in [6.07, 6.45) is 12.8. The van der Waals surface area contributed by atoms with Gasteiger partial charge in [-0.1, -0.05) is 32.1 Å². The van der Waals surface area contributed by atoms with E-state index in [1.165, 1.54) is 13.4 Å². The second-order valence-electron chi connectivity index (χ2n) is 2.48. The normalized spacial score (nSPS) is 11.1. The summed E-state index contributed by atoms with van der Waals surface area (Å²) >= 11 is 0. The smallest absolute Gasteiger partial charge is 0.0738 e. The van der Waals surface area contributed by atoms with Crippen molar-refractivity contribution in [1.29, 1.82) is 0 Å². The molecule has 1 unspecified atom stereocenters. The van der Waals surface area contributed by atoms with Crippen molar-refractivity contribution >= 4 is 15.7 Å². The third-order valence-electron chi connectivity index (χ3n) is 0.824. The predicted octanol–water partition coefficient (Wildman–Crippen LogP) is 3.70.